The summed E-state index contributed by atoms with van der Waals surface area (Å²) in [7, 11) is 0. The van der Waals surface area contributed by atoms with Gasteiger partial charge in [0.15, 0.2) is 5.57 Å². The van der Waals surface area contributed by atoms with Crippen LogP contribution in [0.25, 0.3) is 0 Å². The molecule has 1 aromatic heterocycles. The first-order valence-electron chi connectivity index (χ1n) is 6.77. The van der Waals surface area contributed by atoms with Gasteiger partial charge in [0.05, 0.1) is 6.61 Å². The summed E-state index contributed by atoms with van der Waals surface area (Å²) in [6.45, 7) is 1.95. The largest absolute Gasteiger partial charge is 0.462 e. The summed E-state index contributed by atoms with van der Waals surface area (Å²) in [5, 5.41) is 11.9. The van der Waals surface area contributed by atoms with Crippen molar-refractivity contribution in [3.05, 3.63) is 35.2 Å². The number of hydrogen-bond donors (Lipinski definition) is 1. The van der Waals surface area contributed by atoms with Crippen LogP contribution in [0, 0.1) is 11.3 Å². The van der Waals surface area contributed by atoms with Crippen LogP contribution in [0.1, 0.15) is 30.9 Å². The predicted molar refractivity (Wildman–Crippen MR) is 74.8 cm³/mol. The average Bonchev–Trinajstić information content (AvgIpc) is 2.48. The van der Waals surface area contributed by atoms with Crippen molar-refractivity contribution >= 4 is 11.8 Å². The van der Waals surface area contributed by atoms with E-state index in [0.29, 0.717) is 0 Å². The molecule has 5 heteroatoms. The van der Waals surface area contributed by atoms with E-state index in [2.05, 4.69) is 10.3 Å². The Balaban J connectivity index is 2.18. The molecular formula is C15H17N3O2. The second-order valence-electron chi connectivity index (χ2n) is 4.54. The molecule has 5 nitrogen and oxygen atoms in total. The average molecular weight is 271 g/mol. The predicted octanol–water partition coefficient (Wildman–Crippen LogP) is 2.34. The van der Waals surface area contributed by atoms with Crippen LogP contribution in [0.4, 0.5) is 5.82 Å². The smallest absolute Gasteiger partial charge is 0.350 e. The summed E-state index contributed by atoms with van der Waals surface area (Å²) in [5.74, 6) is 0.103. The molecule has 0 aliphatic heterocycles. The molecule has 1 aliphatic carbocycles. The number of aryl methyl sites for hydroxylation is 1. The lowest BCUT2D eigenvalue weighted by Gasteiger charge is -2.18. The van der Waals surface area contributed by atoms with Crippen LogP contribution in [0.15, 0.2) is 24.0 Å². The molecule has 0 bridgehead atoms. The van der Waals surface area contributed by atoms with Gasteiger partial charge >= 0.3 is 5.97 Å². The molecule has 20 heavy (non-hydrogen) atoms. The third-order valence-corrected chi connectivity index (χ3v) is 3.24. The number of carbonyl (C=O) groups excluding carboxylic acids is 1. The van der Waals surface area contributed by atoms with Crippen molar-refractivity contribution in [1.82, 2.24) is 4.98 Å². The van der Waals surface area contributed by atoms with Crippen LogP contribution in [0.3, 0.4) is 0 Å². The lowest BCUT2D eigenvalue weighted by molar-refractivity contribution is -0.138. The van der Waals surface area contributed by atoms with Crippen molar-refractivity contribution in [3.8, 4) is 6.07 Å². The van der Waals surface area contributed by atoms with E-state index in [1.807, 2.05) is 12.1 Å². The fourth-order valence-corrected chi connectivity index (χ4v) is 2.27. The van der Waals surface area contributed by atoms with E-state index in [9.17, 15) is 4.79 Å². The van der Waals surface area contributed by atoms with Crippen molar-refractivity contribution in [2.45, 2.75) is 32.6 Å². The van der Waals surface area contributed by atoms with Gasteiger partial charge < -0.3 is 10.1 Å². The Kier molecular flexibility index (Phi) is 4.72. The maximum absolute atomic E-state index is 11.5. The van der Waals surface area contributed by atoms with Gasteiger partial charge in [0.1, 0.15) is 11.9 Å². The van der Waals surface area contributed by atoms with Gasteiger partial charge in [0.2, 0.25) is 0 Å². The Bertz CT molecular complexity index is 573. The number of rotatable bonds is 4. The van der Waals surface area contributed by atoms with Crippen molar-refractivity contribution in [2.24, 2.45) is 0 Å². The first-order chi connectivity index (χ1) is 9.76. The number of aromatic nitrogens is 1. The highest BCUT2D eigenvalue weighted by molar-refractivity contribution is 5.93. The van der Waals surface area contributed by atoms with Crippen LogP contribution in [-0.2, 0) is 22.4 Å². The van der Waals surface area contributed by atoms with E-state index in [1.165, 1.54) is 23.7 Å². The van der Waals surface area contributed by atoms with Crippen molar-refractivity contribution in [2.75, 3.05) is 11.9 Å². The number of nitrogens with one attached hydrogen (secondary N) is 1. The molecule has 0 saturated heterocycles. The molecule has 0 atom stereocenters. The second kappa shape index (κ2) is 6.71. The number of anilines is 1. The number of ether oxygens (including phenoxy) is 1. The summed E-state index contributed by atoms with van der Waals surface area (Å²) < 4.78 is 4.81. The number of nitrogens with zero attached hydrogens (tertiary/aromatic N) is 2. The van der Waals surface area contributed by atoms with E-state index in [-0.39, 0.29) is 12.2 Å². The van der Waals surface area contributed by atoms with E-state index < -0.39 is 5.97 Å². The molecule has 0 radical (unpaired) electrons. The van der Waals surface area contributed by atoms with Gasteiger partial charge in [-0.15, -0.1) is 0 Å². The van der Waals surface area contributed by atoms with Crippen molar-refractivity contribution < 1.29 is 9.53 Å². The number of hydrogen-bond acceptors (Lipinski definition) is 5. The molecule has 0 aromatic carbocycles. The summed E-state index contributed by atoms with van der Waals surface area (Å²) in [6, 6.07) is 3.86. The number of pyridine rings is 1. The monoisotopic (exact) mass is 271 g/mol. The Morgan fingerprint density at radius 1 is 1.55 bits per heavy atom. The first-order valence-corrected chi connectivity index (χ1v) is 6.77. The van der Waals surface area contributed by atoms with Crippen molar-refractivity contribution in [3.63, 3.8) is 0 Å². The Morgan fingerprint density at radius 2 is 2.35 bits per heavy atom. The zero-order valence-corrected chi connectivity index (χ0v) is 11.5. The van der Waals surface area contributed by atoms with Gasteiger partial charge in [-0.1, -0.05) is 0 Å². The fraction of sp³-hybridized carbons (Fsp3) is 0.400. The first kappa shape index (κ1) is 14.1. The Hall–Kier alpha value is -2.35. The summed E-state index contributed by atoms with van der Waals surface area (Å²) in [5.41, 5.74) is 2.41. The summed E-state index contributed by atoms with van der Waals surface area (Å²) in [6.07, 6.45) is 7.48. The number of nitriles is 1. The minimum Gasteiger partial charge on any atom is -0.462 e. The van der Waals surface area contributed by atoms with Crippen LogP contribution in [0.5, 0.6) is 0 Å². The van der Waals surface area contributed by atoms with E-state index in [4.69, 9.17) is 10.00 Å². The minimum atomic E-state index is -0.618. The summed E-state index contributed by atoms with van der Waals surface area (Å²) in [4.78, 5) is 15.8. The quantitative estimate of drug-likeness (QED) is 0.517. The highest BCUT2D eigenvalue weighted by atomic mass is 16.5. The van der Waals surface area contributed by atoms with Crippen LogP contribution >= 0.6 is 0 Å². The topological polar surface area (TPSA) is 75.0 Å². The molecule has 1 heterocycles. The molecule has 0 fully saturated rings. The molecule has 0 unspecified atom stereocenters. The zero-order chi connectivity index (χ0) is 14.4. The molecule has 0 amide bonds. The van der Waals surface area contributed by atoms with Crippen LogP contribution in [-0.4, -0.2) is 17.6 Å². The maximum Gasteiger partial charge on any atom is 0.350 e. The van der Waals surface area contributed by atoms with Crippen molar-refractivity contribution in [1.29, 1.82) is 5.26 Å². The van der Waals surface area contributed by atoms with Crippen LogP contribution < -0.4 is 5.32 Å². The van der Waals surface area contributed by atoms with Gasteiger partial charge in [-0.05, 0) is 49.8 Å². The fourth-order valence-electron chi connectivity index (χ4n) is 2.27. The second-order valence-corrected chi connectivity index (χ2v) is 4.54. The third-order valence-electron chi connectivity index (χ3n) is 3.24. The standard InChI is InChI=1S/C15H17N3O2/c1-2-20-15(19)12(9-16)10-18-14-13-6-4-3-5-11(13)7-8-17-14/h7-8,10H,2-6H2,1H3,(H,17,18). The van der Waals surface area contributed by atoms with E-state index in [0.717, 1.165) is 25.1 Å². The molecule has 104 valence electrons. The number of carbonyl (C=O) groups is 1. The molecule has 1 aliphatic rings. The molecule has 1 N–H and O–H groups in total. The lowest BCUT2D eigenvalue weighted by Crippen LogP contribution is -2.10. The Morgan fingerprint density at radius 3 is 3.10 bits per heavy atom. The van der Waals surface area contributed by atoms with E-state index >= 15 is 0 Å². The number of fused-ring (bicyclic) bond motifs is 1. The molecule has 0 saturated carbocycles. The molecule has 1 aromatic rings. The maximum atomic E-state index is 11.5. The highest BCUT2D eigenvalue weighted by Crippen LogP contribution is 2.26. The lowest BCUT2D eigenvalue weighted by atomic mass is 9.92. The molecule has 2 rings (SSSR count). The minimum absolute atomic E-state index is 0.0536. The zero-order valence-electron chi connectivity index (χ0n) is 11.5. The van der Waals surface area contributed by atoms with Crippen LogP contribution in [0.2, 0.25) is 0 Å². The normalized spacial score (nSPS) is 14.1. The van der Waals surface area contributed by atoms with Gasteiger partial charge in [-0.3, -0.25) is 0 Å². The SMILES string of the molecule is CCOC(=O)C(C#N)=CNc1nccc2c1CCCC2. The Labute approximate surface area is 118 Å². The van der Waals surface area contributed by atoms with Gasteiger partial charge in [0, 0.05) is 12.4 Å². The van der Waals surface area contributed by atoms with Gasteiger partial charge in [-0.2, -0.15) is 5.26 Å². The number of esters is 1. The molecule has 0 spiro atoms. The van der Waals surface area contributed by atoms with Gasteiger partial charge in [0.25, 0.3) is 0 Å². The summed E-state index contributed by atoms with van der Waals surface area (Å²) >= 11 is 0. The third kappa shape index (κ3) is 3.15. The molecular weight excluding hydrogens is 254 g/mol. The van der Waals surface area contributed by atoms with Gasteiger partial charge in [-0.25, -0.2) is 9.78 Å². The highest BCUT2D eigenvalue weighted by Gasteiger charge is 2.14. The van der Waals surface area contributed by atoms with E-state index in [1.54, 1.807) is 13.1 Å².